The number of fused-ring (bicyclic) bond motifs is 6. The van der Waals surface area contributed by atoms with E-state index < -0.39 is 40.1 Å². The maximum atomic E-state index is 15.3. The quantitative estimate of drug-likeness (QED) is 0.0690. The third-order valence-electron chi connectivity index (χ3n) is 7.32. The maximum Gasteiger partial charge on any atom is 0.270 e. The summed E-state index contributed by atoms with van der Waals surface area (Å²) < 4.78 is 59.2. The van der Waals surface area contributed by atoms with Crippen LogP contribution in [0.1, 0.15) is 27.8 Å². The topological polar surface area (TPSA) is 56.3 Å². The summed E-state index contributed by atoms with van der Waals surface area (Å²) in [6.07, 6.45) is 0. The molecule has 0 radical (unpaired) electrons. The number of halogens is 4. The fourth-order valence-corrected chi connectivity index (χ4v) is 5.61. The monoisotopic (exact) mass is 540 g/mol. The van der Waals surface area contributed by atoms with Crippen LogP contribution in [0, 0.1) is 66.0 Å². The number of rotatable bonds is 1. The molecule has 0 amide bonds. The summed E-state index contributed by atoms with van der Waals surface area (Å²) >= 11 is 0. The van der Waals surface area contributed by atoms with E-state index in [1.807, 2.05) is 49.4 Å². The molecule has 2 aliphatic carbocycles. The first-order valence-electron chi connectivity index (χ1n) is 12.1. The summed E-state index contributed by atoms with van der Waals surface area (Å²) in [4.78, 5) is 6.54. The van der Waals surface area contributed by atoms with Gasteiger partial charge in [0.25, 0.3) is 11.4 Å². The first-order chi connectivity index (χ1) is 19.7. The lowest BCUT2D eigenvalue weighted by Crippen LogP contribution is -2.02. The largest absolute Gasteiger partial charge is 0.270 e. The van der Waals surface area contributed by atoms with Crippen molar-refractivity contribution in [2.45, 2.75) is 6.92 Å². The van der Waals surface area contributed by atoms with Crippen LogP contribution in [-0.2, 0) is 0 Å². The lowest BCUT2D eigenvalue weighted by molar-refractivity contribution is 0.410. The second-order valence-corrected chi connectivity index (χ2v) is 9.47. The third kappa shape index (κ3) is 3.42. The fraction of sp³-hybridized carbons (Fsp3) is 0.0303. The number of hydrogen-bond donors (Lipinski definition) is 0. The molecular formula is C33H12F4N4. The molecule has 0 aromatic heterocycles. The van der Waals surface area contributed by atoms with E-state index >= 15 is 8.78 Å². The molecule has 0 saturated heterocycles. The van der Waals surface area contributed by atoms with Crippen molar-refractivity contribution in [1.82, 2.24) is 0 Å². The molecule has 6 rings (SSSR count). The van der Waals surface area contributed by atoms with Gasteiger partial charge in [-0.1, -0.05) is 42.0 Å². The number of hydrogen-bond acceptors (Lipinski definition) is 2. The van der Waals surface area contributed by atoms with Crippen molar-refractivity contribution < 1.29 is 17.6 Å². The highest BCUT2D eigenvalue weighted by Crippen LogP contribution is 2.55. The average Bonchev–Trinajstić information content (AvgIpc) is 3.48. The van der Waals surface area contributed by atoms with Gasteiger partial charge in [0, 0.05) is 22.3 Å². The highest BCUT2D eigenvalue weighted by Gasteiger charge is 2.39. The van der Waals surface area contributed by atoms with Gasteiger partial charge in [0.2, 0.25) is 0 Å². The van der Waals surface area contributed by atoms with Crippen LogP contribution in [0.3, 0.4) is 0 Å². The Hall–Kier alpha value is -5.96. The minimum absolute atomic E-state index is 0.0328. The summed E-state index contributed by atoms with van der Waals surface area (Å²) in [6.45, 7) is 17.0. The molecule has 0 unspecified atom stereocenters. The highest BCUT2D eigenvalue weighted by atomic mass is 19.2. The summed E-state index contributed by atoms with van der Waals surface area (Å²) in [5.74, 6) is -7.49. The zero-order valence-electron chi connectivity index (χ0n) is 21.0. The van der Waals surface area contributed by atoms with E-state index in [-0.39, 0.29) is 28.0 Å². The van der Waals surface area contributed by atoms with Gasteiger partial charge in [0.1, 0.15) is 0 Å². The van der Waals surface area contributed by atoms with Crippen molar-refractivity contribution in [3.63, 3.8) is 0 Å². The Kier molecular flexibility index (Phi) is 5.60. The van der Waals surface area contributed by atoms with Gasteiger partial charge in [-0.05, 0) is 69.6 Å². The molecule has 0 bridgehead atoms. The molecular weight excluding hydrogens is 528 g/mol. The number of benzene rings is 4. The molecule has 8 heteroatoms. The van der Waals surface area contributed by atoms with Gasteiger partial charge in [-0.15, -0.1) is 0 Å². The van der Waals surface area contributed by atoms with E-state index in [0.717, 1.165) is 16.7 Å². The van der Waals surface area contributed by atoms with Crippen LogP contribution in [-0.4, -0.2) is 0 Å². The lowest BCUT2D eigenvalue weighted by Gasteiger charge is -2.09. The Morgan fingerprint density at radius 2 is 1.17 bits per heavy atom. The van der Waals surface area contributed by atoms with E-state index in [0.29, 0.717) is 22.3 Å². The van der Waals surface area contributed by atoms with Crippen LogP contribution >= 0.6 is 0 Å². The molecule has 4 nitrogen and oxygen atoms in total. The fourth-order valence-electron chi connectivity index (χ4n) is 5.61. The van der Waals surface area contributed by atoms with E-state index in [1.165, 1.54) is 12.1 Å². The smallest absolute Gasteiger partial charge is 0.226 e. The summed E-state index contributed by atoms with van der Waals surface area (Å²) in [5.41, 5.74) is 2.27. The standard InChI is InChI=1S/C33H12F4N4/c1-15-5-4-6-16(9-15)17-7-8-18-19-11-22-23(12-21(19)26(20(18)10-17)24(13-38)40-2)28-29(27(22)25(14-39)41-3)31(35)33(37)32(36)30(28)34/h4-12H,1H3/b26-24+,27-25+. The van der Waals surface area contributed by atoms with Crippen molar-refractivity contribution >= 4 is 11.1 Å². The van der Waals surface area contributed by atoms with Gasteiger partial charge in [-0.3, -0.25) is 0 Å². The Labute approximate surface area is 231 Å². The second-order valence-electron chi connectivity index (χ2n) is 9.47. The predicted molar refractivity (Wildman–Crippen MR) is 144 cm³/mol. The summed E-state index contributed by atoms with van der Waals surface area (Å²) in [6, 6.07) is 19.6. The van der Waals surface area contributed by atoms with E-state index in [4.69, 9.17) is 13.1 Å². The zero-order valence-corrected chi connectivity index (χ0v) is 21.0. The van der Waals surface area contributed by atoms with Crippen molar-refractivity contribution in [3.8, 4) is 45.5 Å². The van der Waals surface area contributed by atoms with Gasteiger partial charge in [0.05, 0.1) is 25.3 Å². The number of nitriles is 2. The Bertz CT molecular complexity index is 2110. The second kappa shape index (κ2) is 9.06. The third-order valence-corrected chi connectivity index (χ3v) is 7.32. The Morgan fingerprint density at radius 3 is 1.80 bits per heavy atom. The number of allylic oxidation sites excluding steroid dienone is 2. The van der Waals surface area contributed by atoms with E-state index in [2.05, 4.69) is 9.69 Å². The highest BCUT2D eigenvalue weighted by molar-refractivity contribution is 6.11. The van der Waals surface area contributed by atoms with E-state index in [9.17, 15) is 19.3 Å². The molecule has 0 saturated carbocycles. The Balaban J connectivity index is 1.73. The number of aryl methyl sites for hydroxylation is 1. The SMILES string of the molecule is [C-]#[N+]/C(C#N)=C1\c2cc(-c3cccc(C)c3)ccc2-c2cc3c(cc21)-c1c(F)c(F)c(F)c(F)c1/C3=C(\C#N)[N+]#[C-]. The summed E-state index contributed by atoms with van der Waals surface area (Å²) in [5, 5.41) is 19.5. The predicted octanol–water partition coefficient (Wildman–Crippen LogP) is 8.58. The first kappa shape index (κ1) is 25.3. The minimum Gasteiger partial charge on any atom is -0.226 e. The van der Waals surface area contributed by atoms with Gasteiger partial charge in [-0.2, -0.15) is 0 Å². The van der Waals surface area contributed by atoms with Gasteiger partial charge < -0.3 is 0 Å². The lowest BCUT2D eigenvalue weighted by atomic mass is 9.94. The van der Waals surface area contributed by atoms with Crippen LogP contribution in [0.4, 0.5) is 17.6 Å². The summed E-state index contributed by atoms with van der Waals surface area (Å²) in [7, 11) is 0. The van der Waals surface area contributed by atoms with E-state index in [1.54, 1.807) is 12.1 Å². The van der Waals surface area contributed by atoms with Crippen LogP contribution in [0.15, 0.2) is 66.0 Å². The molecule has 0 heterocycles. The van der Waals surface area contributed by atoms with Crippen LogP contribution < -0.4 is 0 Å². The Morgan fingerprint density at radius 1 is 0.610 bits per heavy atom. The molecule has 2 aliphatic rings. The van der Waals surface area contributed by atoms with Crippen LogP contribution in [0.25, 0.3) is 54.2 Å². The molecule has 0 atom stereocenters. The van der Waals surface area contributed by atoms with Gasteiger partial charge >= 0.3 is 0 Å². The maximum absolute atomic E-state index is 15.3. The molecule has 41 heavy (non-hydrogen) atoms. The molecule has 4 aromatic carbocycles. The molecule has 0 fully saturated rings. The molecule has 0 N–H and O–H groups in total. The normalized spacial score (nSPS) is 14.5. The molecule has 0 aliphatic heterocycles. The number of nitrogens with zero attached hydrogens (tertiary/aromatic N) is 4. The van der Waals surface area contributed by atoms with Crippen molar-refractivity contribution in [2.24, 2.45) is 0 Å². The molecule has 0 spiro atoms. The first-order valence-corrected chi connectivity index (χ1v) is 12.1. The van der Waals surface area contributed by atoms with Gasteiger partial charge in [-0.25, -0.2) is 37.8 Å². The van der Waals surface area contributed by atoms with Crippen LogP contribution in [0.2, 0.25) is 0 Å². The minimum atomic E-state index is -2.06. The molecule has 192 valence electrons. The zero-order chi connectivity index (χ0) is 29.2. The van der Waals surface area contributed by atoms with Crippen molar-refractivity contribution in [2.75, 3.05) is 0 Å². The van der Waals surface area contributed by atoms with Crippen molar-refractivity contribution in [1.29, 1.82) is 10.5 Å². The average molecular weight is 540 g/mol. The van der Waals surface area contributed by atoms with Gasteiger partial charge in [0.15, 0.2) is 23.3 Å². The molecule has 4 aromatic rings. The van der Waals surface area contributed by atoms with Crippen LogP contribution in [0.5, 0.6) is 0 Å². The van der Waals surface area contributed by atoms with Crippen molar-refractivity contribution in [3.05, 3.63) is 140 Å².